The molecule has 1 nitrogen and oxygen atoms in total. The molecule has 0 unspecified atom stereocenters. The Morgan fingerprint density at radius 3 is 3.07 bits per heavy atom. The summed E-state index contributed by atoms with van der Waals surface area (Å²) >= 11 is 3.55. The van der Waals surface area contributed by atoms with Crippen molar-refractivity contribution in [3.63, 3.8) is 0 Å². The monoisotopic (exact) mass is 317 g/mol. The molecule has 4 heteroatoms. The van der Waals surface area contributed by atoms with E-state index in [1.807, 2.05) is 34.0 Å². The SMILES string of the molecule is N#CCc1cc(F)c(I)c2ccsc12. The molecule has 0 aliphatic heterocycles. The van der Waals surface area contributed by atoms with Gasteiger partial charge in [-0.2, -0.15) is 5.26 Å². The van der Waals surface area contributed by atoms with Gasteiger partial charge < -0.3 is 0 Å². The minimum absolute atomic E-state index is 0.234. The standard InChI is InChI=1S/C10H5FINS/c11-8-5-6(1-3-13)10-7(9(8)12)2-4-14-10/h2,4-5H,1H2. The lowest BCUT2D eigenvalue weighted by atomic mass is 10.1. The van der Waals surface area contributed by atoms with E-state index in [4.69, 9.17) is 5.26 Å². The molecule has 0 spiro atoms. The molecule has 14 heavy (non-hydrogen) atoms. The van der Waals surface area contributed by atoms with Crippen LogP contribution >= 0.6 is 33.9 Å². The first-order valence-electron chi connectivity index (χ1n) is 3.95. The highest BCUT2D eigenvalue weighted by Crippen LogP contribution is 2.31. The fourth-order valence-corrected chi connectivity index (χ4v) is 3.07. The Kier molecular flexibility index (Phi) is 2.70. The molecule has 0 radical (unpaired) electrons. The second-order valence-electron chi connectivity index (χ2n) is 2.83. The molecule has 0 aliphatic rings. The zero-order valence-electron chi connectivity index (χ0n) is 7.05. The third-order valence-corrected chi connectivity index (χ3v) is 4.06. The molecule has 1 heterocycles. The molecule has 2 aromatic rings. The van der Waals surface area contributed by atoms with Crippen molar-refractivity contribution in [1.29, 1.82) is 5.26 Å². The Morgan fingerprint density at radius 1 is 1.57 bits per heavy atom. The summed E-state index contributed by atoms with van der Waals surface area (Å²) in [6.07, 6.45) is 0.269. The van der Waals surface area contributed by atoms with Crippen LogP contribution in [0.3, 0.4) is 0 Å². The molecule has 0 amide bonds. The lowest BCUT2D eigenvalue weighted by molar-refractivity contribution is 0.621. The second-order valence-corrected chi connectivity index (χ2v) is 4.82. The maximum atomic E-state index is 13.4. The Hall–Kier alpha value is -0.670. The van der Waals surface area contributed by atoms with Gasteiger partial charge in [-0.25, -0.2) is 4.39 Å². The highest BCUT2D eigenvalue weighted by molar-refractivity contribution is 14.1. The minimum atomic E-state index is -0.234. The van der Waals surface area contributed by atoms with E-state index in [-0.39, 0.29) is 12.2 Å². The van der Waals surface area contributed by atoms with Crippen LogP contribution in [-0.2, 0) is 6.42 Å². The van der Waals surface area contributed by atoms with Gasteiger partial charge in [-0.05, 0) is 45.7 Å². The van der Waals surface area contributed by atoms with Crippen molar-refractivity contribution in [3.8, 4) is 6.07 Å². The van der Waals surface area contributed by atoms with Crippen molar-refractivity contribution < 1.29 is 4.39 Å². The van der Waals surface area contributed by atoms with Crippen LogP contribution < -0.4 is 0 Å². The number of hydrogen-bond acceptors (Lipinski definition) is 2. The molecule has 70 valence electrons. The van der Waals surface area contributed by atoms with Crippen molar-refractivity contribution in [2.24, 2.45) is 0 Å². The van der Waals surface area contributed by atoms with Gasteiger partial charge in [0.15, 0.2) is 0 Å². The van der Waals surface area contributed by atoms with E-state index < -0.39 is 0 Å². The van der Waals surface area contributed by atoms with Gasteiger partial charge >= 0.3 is 0 Å². The Balaban J connectivity index is 2.79. The minimum Gasteiger partial charge on any atom is -0.206 e. The van der Waals surface area contributed by atoms with E-state index in [2.05, 4.69) is 6.07 Å². The van der Waals surface area contributed by atoms with Crippen molar-refractivity contribution >= 4 is 44.0 Å². The molecule has 1 aromatic carbocycles. The van der Waals surface area contributed by atoms with Gasteiger partial charge in [0.1, 0.15) is 5.82 Å². The summed E-state index contributed by atoms with van der Waals surface area (Å²) in [4.78, 5) is 0. The average molecular weight is 317 g/mol. The van der Waals surface area contributed by atoms with Crippen LogP contribution in [0, 0.1) is 20.7 Å². The number of fused-ring (bicyclic) bond motifs is 1. The quantitative estimate of drug-likeness (QED) is 0.736. The number of hydrogen-bond donors (Lipinski definition) is 0. The summed E-state index contributed by atoms with van der Waals surface area (Å²) in [6.45, 7) is 0. The second kappa shape index (κ2) is 3.83. The molecule has 0 saturated heterocycles. The summed E-state index contributed by atoms with van der Waals surface area (Å²) < 4.78 is 15.1. The predicted octanol–water partition coefficient (Wildman–Crippen LogP) is 3.71. The predicted molar refractivity (Wildman–Crippen MR) is 63.8 cm³/mol. The zero-order valence-corrected chi connectivity index (χ0v) is 10.0. The maximum Gasteiger partial charge on any atom is 0.137 e. The maximum absolute atomic E-state index is 13.4. The molecule has 0 saturated carbocycles. The summed E-state index contributed by atoms with van der Waals surface area (Å²) in [7, 11) is 0. The van der Waals surface area contributed by atoms with Crippen LogP contribution in [-0.4, -0.2) is 0 Å². The van der Waals surface area contributed by atoms with Gasteiger partial charge in [-0.15, -0.1) is 11.3 Å². The first-order chi connectivity index (χ1) is 6.74. The van der Waals surface area contributed by atoms with Gasteiger partial charge in [0, 0.05) is 10.1 Å². The van der Waals surface area contributed by atoms with Crippen molar-refractivity contribution in [3.05, 3.63) is 32.5 Å². The van der Waals surface area contributed by atoms with Gasteiger partial charge in [0.2, 0.25) is 0 Å². The van der Waals surface area contributed by atoms with Crippen LogP contribution in [0.2, 0.25) is 0 Å². The molecular formula is C10H5FINS. The number of rotatable bonds is 1. The van der Waals surface area contributed by atoms with Crippen molar-refractivity contribution in [1.82, 2.24) is 0 Å². The zero-order chi connectivity index (χ0) is 10.1. The summed E-state index contributed by atoms with van der Waals surface area (Å²) in [5.74, 6) is -0.234. The summed E-state index contributed by atoms with van der Waals surface area (Å²) in [5, 5.41) is 11.4. The molecule has 0 atom stereocenters. The van der Waals surface area contributed by atoms with E-state index in [0.717, 1.165) is 15.6 Å². The topological polar surface area (TPSA) is 23.8 Å². The van der Waals surface area contributed by atoms with E-state index >= 15 is 0 Å². The molecule has 0 aliphatic carbocycles. The number of nitrogens with zero attached hydrogens (tertiary/aromatic N) is 1. The normalized spacial score (nSPS) is 10.4. The van der Waals surface area contributed by atoms with Gasteiger partial charge in [0.25, 0.3) is 0 Å². The van der Waals surface area contributed by atoms with Crippen LogP contribution in [0.1, 0.15) is 5.56 Å². The number of thiophene rings is 1. The Bertz CT molecular complexity index is 527. The lowest BCUT2D eigenvalue weighted by Crippen LogP contribution is -1.88. The van der Waals surface area contributed by atoms with Gasteiger partial charge in [0.05, 0.1) is 16.1 Å². The van der Waals surface area contributed by atoms with Crippen LogP contribution in [0.5, 0.6) is 0 Å². The molecular weight excluding hydrogens is 312 g/mol. The number of halogens is 2. The highest BCUT2D eigenvalue weighted by atomic mass is 127. The highest BCUT2D eigenvalue weighted by Gasteiger charge is 2.10. The van der Waals surface area contributed by atoms with E-state index in [1.54, 1.807) is 11.3 Å². The lowest BCUT2D eigenvalue weighted by Gasteiger charge is -2.01. The Morgan fingerprint density at radius 2 is 2.36 bits per heavy atom. The Labute approximate surface area is 98.3 Å². The van der Waals surface area contributed by atoms with Crippen LogP contribution in [0.25, 0.3) is 10.1 Å². The van der Waals surface area contributed by atoms with Crippen LogP contribution in [0.15, 0.2) is 17.5 Å². The molecule has 0 bridgehead atoms. The van der Waals surface area contributed by atoms with E-state index in [1.165, 1.54) is 6.07 Å². The number of nitriles is 1. The molecule has 0 fully saturated rings. The summed E-state index contributed by atoms with van der Waals surface area (Å²) in [5.41, 5.74) is 0.787. The molecule has 0 N–H and O–H groups in total. The summed E-state index contributed by atoms with van der Waals surface area (Å²) in [6, 6.07) is 5.41. The average Bonchev–Trinajstić information content (AvgIpc) is 2.63. The molecule has 1 aromatic heterocycles. The van der Waals surface area contributed by atoms with Crippen LogP contribution in [0.4, 0.5) is 4.39 Å². The third-order valence-electron chi connectivity index (χ3n) is 1.97. The largest absolute Gasteiger partial charge is 0.206 e. The fraction of sp³-hybridized carbons (Fsp3) is 0.100. The third kappa shape index (κ3) is 1.51. The smallest absolute Gasteiger partial charge is 0.137 e. The number of benzene rings is 1. The van der Waals surface area contributed by atoms with Crippen molar-refractivity contribution in [2.75, 3.05) is 0 Å². The fourth-order valence-electron chi connectivity index (χ4n) is 1.36. The van der Waals surface area contributed by atoms with Gasteiger partial charge in [-0.3, -0.25) is 0 Å². The first-order valence-corrected chi connectivity index (χ1v) is 5.91. The first kappa shape index (κ1) is 9.87. The van der Waals surface area contributed by atoms with E-state index in [0.29, 0.717) is 3.57 Å². The van der Waals surface area contributed by atoms with E-state index in [9.17, 15) is 4.39 Å². The van der Waals surface area contributed by atoms with Gasteiger partial charge in [-0.1, -0.05) is 0 Å². The van der Waals surface area contributed by atoms with Crippen molar-refractivity contribution in [2.45, 2.75) is 6.42 Å². The molecule has 2 rings (SSSR count).